The van der Waals surface area contributed by atoms with Gasteiger partial charge < -0.3 is 10.6 Å². The van der Waals surface area contributed by atoms with Crippen LogP contribution in [0, 0.1) is 6.92 Å². The zero-order valence-electron chi connectivity index (χ0n) is 11.9. The third-order valence-electron chi connectivity index (χ3n) is 3.68. The molecule has 0 atom stereocenters. The maximum Gasteiger partial charge on any atom is 0.104 e. The summed E-state index contributed by atoms with van der Waals surface area (Å²) in [5, 5.41) is 0. The first kappa shape index (κ1) is 14.7. The van der Waals surface area contributed by atoms with Crippen LogP contribution < -0.4 is 10.6 Å². The van der Waals surface area contributed by atoms with Crippen molar-refractivity contribution in [2.75, 3.05) is 23.7 Å². The number of thioether (sulfide) groups is 1. The van der Waals surface area contributed by atoms with Gasteiger partial charge in [0.1, 0.15) is 4.99 Å². The quantitative estimate of drug-likeness (QED) is 0.847. The van der Waals surface area contributed by atoms with Crippen LogP contribution in [0.15, 0.2) is 18.2 Å². The van der Waals surface area contributed by atoms with Gasteiger partial charge in [-0.1, -0.05) is 26.1 Å². The summed E-state index contributed by atoms with van der Waals surface area (Å²) in [5.41, 5.74) is 9.16. The van der Waals surface area contributed by atoms with Crippen molar-refractivity contribution in [3.8, 4) is 0 Å². The van der Waals surface area contributed by atoms with Crippen LogP contribution in [0.1, 0.15) is 31.4 Å². The van der Waals surface area contributed by atoms with Gasteiger partial charge in [-0.3, -0.25) is 0 Å². The number of benzene rings is 1. The van der Waals surface area contributed by atoms with E-state index in [0.29, 0.717) is 9.74 Å². The van der Waals surface area contributed by atoms with Gasteiger partial charge in [0.25, 0.3) is 0 Å². The SMILES string of the molecule is Cc1cc(N2CCSC(C)(C)CC2)ccc1C(N)=S. The Morgan fingerprint density at radius 1 is 1.37 bits per heavy atom. The zero-order valence-corrected chi connectivity index (χ0v) is 13.5. The number of nitrogens with zero attached hydrogens (tertiary/aromatic N) is 1. The lowest BCUT2D eigenvalue weighted by Crippen LogP contribution is -2.27. The largest absolute Gasteiger partial charge is 0.389 e. The monoisotopic (exact) mass is 294 g/mol. The van der Waals surface area contributed by atoms with Crippen LogP contribution in [0.3, 0.4) is 0 Å². The Bertz CT molecular complexity index is 483. The van der Waals surface area contributed by atoms with Gasteiger partial charge in [0, 0.05) is 34.8 Å². The molecule has 1 aromatic rings. The smallest absolute Gasteiger partial charge is 0.104 e. The molecule has 1 aliphatic heterocycles. The standard InChI is InChI=1S/C15H22N2S2/c1-11-10-12(4-5-13(11)14(16)18)17-7-6-15(2,3)19-9-8-17/h4-5,10H,6-9H2,1-3H3,(H2,16,18). The molecule has 0 spiro atoms. The predicted molar refractivity (Wildman–Crippen MR) is 90.4 cm³/mol. The van der Waals surface area contributed by atoms with E-state index >= 15 is 0 Å². The lowest BCUT2D eigenvalue weighted by Gasteiger charge is -2.25. The molecule has 4 heteroatoms. The van der Waals surface area contributed by atoms with Gasteiger partial charge in [-0.25, -0.2) is 0 Å². The van der Waals surface area contributed by atoms with Crippen LogP contribution >= 0.6 is 24.0 Å². The van der Waals surface area contributed by atoms with Crippen molar-refractivity contribution < 1.29 is 0 Å². The van der Waals surface area contributed by atoms with Crippen LogP contribution in [-0.2, 0) is 0 Å². The molecule has 2 nitrogen and oxygen atoms in total. The maximum absolute atomic E-state index is 5.72. The first-order chi connectivity index (χ1) is 8.89. The highest BCUT2D eigenvalue weighted by atomic mass is 32.2. The Hall–Kier alpha value is -0.740. The number of thiocarbonyl (C=S) groups is 1. The molecule has 2 N–H and O–H groups in total. The predicted octanol–water partition coefficient (Wildman–Crippen LogP) is 3.35. The summed E-state index contributed by atoms with van der Waals surface area (Å²) in [7, 11) is 0. The first-order valence-corrected chi connectivity index (χ1v) is 8.08. The molecule has 19 heavy (non-hydrogen) atoms. The molecule has 0 unspecified atom stereocenters. The zero-order chi connectivity index (χ0) is 14.0. The topological polar surface area (TPSA) is 29.3 Å². The lowest BCUT2D eigenvalue weighted by atomic mass is 10.1. The summed E-state index contributed by atoms with van der Waals surface area (Å²) < 4.78 is 0.391. The molecular weight excluding hydrogens is 272 g/mol. The fraction of sp³-hybridized carbons (Fsp3) is 0.533. The molecule has 2 rings (SSSR count). The Balaban J connectivity index is 2.18. The van der Waals surface area contributed by atoms with Crippen molar-refractivity contribution in [1.82, 2.24) is 0 Å². The molecule has 0 amide bonds. The summed E-state index contributed by atoms with van der Waals surface area (Å²) in [5.74, 6) is 1.18. The molecule has 0 aromatic heterocycles. The van der Waals surface area contributed by atoms with Crippen LogP contribution in [0.4, 0.5) is 5.69 Å². The Kier molecular flexibility index (Phi) is 4.41. The number of rotatable bonds is 2. The van der Waals surface area contributed by atoms with Crippen molar-refractivity contribution in [3.63, 3.8) is 0 Å². The van der Waals surface area contributed by atoms with E-state index in [1.807, 2.05) is 0 Å². The first-order valence-electron chi connectivity index (χ1n) is 6.68. The van der Waals surface area contributed by atoms with E-state index in [1.165, 1.54) is 23.4 Å². The van der Waals surface area contributed by atoms with E-state index in [-0.39, 0.29) is 0 Å². The molecular formula is C15H22N2S2. The average molecular weight is 294 g/mol. The minimum Gasteiger partial charge on any atom is -0.389 e. The van der Waals surface area contributed by atoms with Gasteiger partial charge >= 0.3 is 0 Å². The Labute approximate surface area is 125 Å². The van der Waals surface area contributed by atoms with Crippen molar-refractivity contribution >= 4 is 34.7 Å². The average Bonchev–Trinajstić information content (AvgIpc) is 2.49. The van der Waals surface area contributed by atoms with Gasteiger partial charge in [0.05, 0.1) is 0 Å². The molecule has 0 bridgehead atoms. The fourth-order valence-corrected chi connectivity index (χ4v) is 3.73. The number of hydrogen-bond acceptors (Lipinski definition) is 3. The third-order valence-corrected chi connectivity index (χ3v) is 5.27. The number of anilines is 1. The molecule has 1 heterocycles. The second kappa shape index (κ2) is 5.71. The van der Waals surface area contributed by atoms with Crippen LogP contribution in [0.2, 0.25) is 0 Å². The highest BCUT2D eigenvalue weighted by molar-refractivity contribution is 8.00. The van der Waals surface area contributed by atoms with Crippen molar-refractivity contribution in [2.24, 2.45) is 5.73 Å². The minimum atomic E-state index is 0.391. The summed E-state index contributed by atoms with van der Waals surface area (Å²) in [4.78, 5) is 2.95. The van der Waals surface area contributed by atoms with Crippen molar-refractivity contribution in [3.05, 3.63) is 29.3 Å². The molecule has 104 valence electrons. The van der Waals surface area contributed by atoms with Crippen molar-refractivity contribution in [1.29, 1.82) is 0 Å². The van der Waals surface area contributed by atoms with E-state index in [1.54, 1.807) is 0 Å². The number of hydrogen-bond donors (Lipinski definition) is 1. The molecule has 1 aromatic carbocycles. The van der Waals surface area contributed by atoms with E-state index in [9.17, 15) is 0 Å². The number of nitrogens with two attached hydrogens (primary N) is 1. The Morgan fingerprint density at radius 3 is 2.74 bits per heavy atom. The highest BCUT2D eigenvalue weighted by Crippen LogP contribution is 2.32. The fourth-order valence-electron chi connectivity index (χ4n) is 2.40. The Morgan fingerprint density at radius 2 is 2.11 bits per heavy atom. The van der Waals surface area contributed by atoms with E-state index in [4.69, 9.17) is 18.0 Å². The second-order valence-electron chi connectivity index (χ2n) is 5.71. The third kappa shape index (κ3) is 3.63. The van der Waals surface area contributed by atoms with Gasteiger partial charge in [-0.15, -0.1) is 0 Å². The summed E-state index contributed by atoms with van der Waals surface area (Å²) >= 11 is 7.13. The van der Waals surface area contributed by atoms with Gasteiger partial charge in [0.2, 0.25) is 0 Å². The van der Waals surface area contributed by atoms with E-state index in [0.717, 1.165) is 18.7 Å². The summed E-state index contributed by atoms with van der Waals surface area (Å²) in [6, 6.07) is 6.40. The molecule has 0 radical (unpaired) electrons. The minimum absolute atomic E-state index is 0.391. The van der Waals surface area contributed by atoms with Gasteiger partial charge in [-0.2, -0.15) is 11.8 Å². The van der Waals surface area contributed by atoms with Crippen molar-refractivity contribution in [2.45, 2.75) is 31.9 Å². The molecule has 1 aliphatic rings. The second-order valence-corrected chi connectivity index (χ2v) is 7.95. The molecule has 1 saturated heterocycles. The lowest BCUT2D eigenvalue weighted by molar-refractivity contribution is 0.638. The molecule has 1 fully saturated rings. The van der Waals surface area contributed by atoms with E-state index in [2.05, 4.69) is 55.6 Å². The molecule has 0 aliphatic carbocycles. The highest BCUT2D eigenvalue weighted by Gasteiger charge is 2.23. The van der Waals surface area contributed by atoms with Gasteiger partial charge in [-0.05, 0) is 37.1 Å². The molecule has 0 saturated carbocycles. The maximum atomic E-state index is 5.72. The van der Waals surface area contributed by atoms with Crippen LogP contribution in [0.25, 0.3) is 0 Å². The number of aryl methyl sites for hydroxylation is 1. The van der Waals surface area contributed by atoms with E-state index < -0.39 is 0 Å². The van der Waals surface area contributed by atoms with Crippen LogP contribution in [-0.4, -0.2) is 28.6 Å². The summed E-state index contributed by atoms with van der Waals surface area (Å²) in [6.07, 6.45) is 1.22. The van der Waals surface area contributed by atoms with Crippen LogP contribution in [0.5, 0.6) is 0 Å². The summed E-state index contributed by atoms with van der Waals surface area (Å²) in [6.45, 7) is 8.98. The van der Waals surface area contributed by atoms with Gasteiger partial charge in [0.15, 0.2) is 0 Å². The normalized spacial score (nSPS) is 19.0.